The molecule has 0 aliphatic heterocycles. The molecule has 7 heteroatoms. The third kappa shape index (κ3) is 2.83. The summed E-state index contributed by atoms with van der Waals surface area (Å²) in [5.41, 5.74) is 0. The summed E-state index contributed by atoms with van der Waals surface area (Å²) in [5, 5.41) is 0. The molecule has 14 heavy (non-hydrogen) atoms. The van der Waals surface area contributed by atoms with E-state index in [4.69, 9.17) is 0 Å². The molecule has 1 nitrogen and oxygen atoms in total. The van der Waals surface area contributed by atoms with Gasteiger partial charge in [-0.25, -0.2) is 8.78 Å². The van der Waals surface area contributed by atoms with Crippen LogP contribution in [0.15, 0.2) is 16.6 Å². The fourth-order valence-corrected chi connectivity index (χ4v) is 1.23. The lowest BCUT2D eigenvalue weighted by molar-refractivity contribution is -0.275. The summed E-state index contributed by atoms with van der Waals surface area (Å²) in [4.78, 5) is 0. The molecule has 0 radical (unpaired) electrons. The van der Waals surface area contributed by atoms with Crippen LogP contribution in [-0.2, 0) is 0 Å². The van der Waals surface area contributed by atoms with Gasteiger partial charge in [-0.15, -0.1) is 13.2 Å². The van der Waals surface area contributed by atoms with Gasteiger partial charge in [-0.1, -0.05) is 0 Å². The molecule has 0 unspecified atom stereocenters. The highest BCUT2D eigenvalue weighted by molar-refractivity contribution is 9.10. The van der Waals surface area contributed by atoms with E-state index in [-0.39, 0.29) is 0 Å². The maximum absolute atomic E-state index is 12.7. The van der Waals surface area contributed by atoms with Crippen molar-refractivity contribution in [3.05, 3.63) is 28.2 Å². The standard InChI is InChI=1S/C7H2BrF5O/c8-4-1-3(9)2-5(10)6(4)14-7(11,12)13/h1-2H. The van der Waals surface area contributed by atoms with E-state index < -0.39 is 28.2 Å². The Morgan fingerprint density at radius 2 is 1.71 bits per heavy atom. The highest BCUT2D eigenvalue weighted by Gasteiger charge is 2.33. The van der Waals surface area contributed by atoms with Crippen LogP contribution in [0, 0.1) is 11.6 Å². The van der Waals surface area contributed by atoms with Crippen LogP contribution in [0.4, 0.5) is 22.0 Å². The molecule has 0 saturated carbocycles. The van der Waals surface area contributed by atoms with Gasteiger partial charge in [0.2, 0.25) is 0 Å². The number of hydrogen-bond acceptors (Lipinski definition) is 1. The van der Waals surface area contributed by atoms with Crippen molar-refractivity contribution in [1.29, 1.82) is 0 Å². The van der Waals surface area contributed by atoms with Crippen LogP contribution in [0.1, 0.15) is 0 Å². The molecular weight excluding hydrogens is 275 g/mol. The highest BCUT2D eigenvalue weighted by Crippen LogP contribution is 2.33. The van der Waals surface area contributed by atoms with E-state index in [2.05, 4.69) is 20.7 Å². The van der Waals surface area contributed by atoms with Gasteiger partial charge in [-0.05, 0) is 22.0 Å². The summed E-state index contributed by atoms with van der Waals surface area (Å²) < 4.78 is 63.2. The summed E-state index contributed by atoms with van der Waals surface area (Å²) in [6, 6.07) is 0.968. The summed E-state index contributed by atoms with van der Waals surface area (Å²) >= 11 is 2.55. The fraction of sp³-hybridized carbons (Fsp3) is 0.143. The van der Waals surface area contributed by atoms with Gasteiger partial charge < -0.3 is 4.74 Å². The van der Waals surface area contributed by atoms with Crippen molar-refractivity contribution in [3.63, 3.8) is 0 Å². The number of hydrogen-bond donors (Lipinski definition) is 0. The predicted octanol–water partition coefficient (Wildman–Crippen LogP) is 3.63. The molecule has 0 atom stereocenters. The molecule has 1 aromatic carbocycles. The van der Waals surface area contributed by atoms with Crippen molar-refractivity contribution in [2.75, 3.05) is 0 Å². The Balaban J connectivity index is 3.09. The molecule has 78 valence electrons. The average molecular weight is 277 g/mol. The maximum Gasteiger partial charge on any atom is 0.573 e. The largest absolute Gasteiger partial charge is 0.573 e. The molecule has 0 aromatic heterocycles. The topological polar surface area (TPSA) is 9.23 Å². The quantitative estimate of drug-likeness (QED) is 0.712. The van der Waals surface area contributed by atoms with Crippen molar-refractivity contribution >= 4 is 15.9 Å². The first-order valence-corrected chi connectivity index (χ1v) is 3.99. The molecule has 1 rings (SSSR count). The van der Waals surface area contributed by atoms with Crippen molar-refractivity contribution in [2.45, 2.75) is 6.36 Å². The summed E-state index contributed by atoms with van der Waals surface area (Å²) in [6.45, 7) is 0. The lowest BCUT2D eigenvalue weighted by Crippen LogP contribution is -2.18. The predicted molar refractivity (Wildman–Crippen MR) is 40.7 cm³/mol. The van der Waals surface area contributed by atoms with E-state index in [1.807, 2.05) is 0 Å². The summed E-state index contributed by atoms with van der Waals surface area (Å²) in [5.74, 6) is -3.50. The number of rotatable bonds is 1. The average Bonchev–Trinajstić information content (AvgIpc) is 1.95. The normalized spacial score (nSPS) is 11.6. The minimum atomic E-state index is -5.01. The molecule has 0 amide bonds. The highest BCUT2D eigenvalue weighted by atomic mass is 79.9. The van der Waals surface area contributed by atoms with Crippen molar-refractivity contribution < 1.29 is 26.7 Å². The van der Waals surface area contributed by atoms with Gasteiger partial charge >= 0.3 is 6.36 Å². The minimum absolute atomic E-state index is 0.297. The van der Waals surface area contributed by atoms with Crippen molar-refractivity contribution in [1.82, 2.24) is 0 Å². The Morgan fingerprint density at radius 3 is 2.14 bits per heavy atom. The Morgan fingerprint density at radius 1 is 1.14 bits per heavy atom. The van der Waals surface area contributed by atoms with Crippen LogP contribution in [0.5, 0.6) is 5.75 Å². The second-order valence-electron chi connectivity index (χ2n) is 2.25. The number of alkyl halides is 3. The Labute approximate surface area is 83.6 Å². The van der Waals surface area contributed by atoms with Gasteiger partial charge in [0.05, 0.1) is 4.47 Å². The van der Waals surface area contributed by atoms with E-state index in [1.165, 1.54) is 0 Å². The fourth-order valence-electron chi connectivity index (χ4n) is 0.742. The molecular formula is C7H2BrF5O. The van der Waals surface area contributed by atoms with Crippen LogP contribution in [0.3, 0.4) is 0 Å². The van der Waals surface area contributed by atoms with Crippen LogP contribution < -0.4 is 4.74 Å². The van der Waals surface area contributed by atoms with Gasteiger partial charge in [-0.2, -0.15) is 0 Å². The summed E-state index contributed by atoms with van der Waals surface area (Å²) in [6.07, 6.45) is -5.01. The lowest BCUT2D eigenvalue weighted by atomic mass is 10.3. The molecule has 0 aliphatic rings. The van der Waals surface area contributed by atoms with Gasteiger partial charge in [0.15, 0.2) is 11.6 Å². The Bertz CT molecular complexity index is 325. The van der Waals surface area contributed by atoms with Gasteiger partial charge in [0, 0.05) is 6.07 Å². The van der Waals surface area contributed by atoms with Gasteiger partial charge in [0.1, 0.15) is 5.82 Å². The molecule has 1 aromatic rings. The first kappa shape index (κ1) is 11.2. The van der Waals surface area contributed by atoms with Crippen LogP contribution >= 0.6 is 15.9 Å². The minimum Gasteiger partial charge on any atom is -0.401 e. The molecule has 0 spiro atoms. The van der Waals surface area contributed by atoms with E-state index in [0.29, 0.717) is 12.1 Å². The monoisotopic (exact) mass is 276 g/mol. The van der Waals surface area contributed by atoms with Gasteiger partial charge in [0.25, 0.3) is 0 Å². The number of benzene rings is 1. The zero-order valence-electron chi connectivity index (χ0n) is 6.33. The molecule has 0 saturated heterocycles. The summed E-state index contributed by atoms with van der Waals surface area (Å²) in [7, 11) is 0. The van der Waals surface area contributed by atoms with E-state index in [9.17, 15) is 22.0 Å². The van der Waals surface area contributed by atoms with Crippen LogP contribution in [-0.4, -0.2) is 6.36 Å². The molecule has 0 aliphatic carbocycles. The number of ether oxygens (including phenoxy) is 1. The molecule has 0 N–H and O–H groups in total. The van der Waals surface area contributed by atoms with Gasteiger partial charge in [-0.3, -0.25) is 0 Å². The first-order valence-electron chi connectivity index (χ1n) is 3.20. The Hall–Kier alpha value is -0.850. The number of halogens is 6. The van der Waals surface area contributed by atoms with E-state index in [1.54, 1.807) is 0 Å². The van der Waals surface area contributed by atoms with E-state index in [0.717, 1.165) is 0 Å². The maximum atomic E-state index is 12.7. The Kier molecular flexibility index (Phi) is 2.98. The molecule has 0 fully saturated rings. The third-order valence-electron chi connectivity index (χ3n) is 1.18. The molecule has 0 bridgehead atoms. The second kappa shape index (κ2) is 3.72. The molecule has 0 heterocycles. The lowest BCUT2D eigenvalue weighted by Gasteiger charge is -2.10. The van der Waals surface area contributed by atoms with Crippen LogP contribution in [0.25, 0.3) is 0 Å². The smallest absolute Gasteiger partial charge is 0.401 e. The first-order chi connectivity index (χ1) is 6.29. The van der Waals surface area contributed by atoms with Crippen LogP contribution in [0.2, 0.25) is 0 Å². The zero-order chi connectivity index (χ0) is 10.9. The zero-order valence-corrected chi connectivity index (χ0v) is 7.92. The van der Waals surface area contributed by atoms with Crippen molar-refractivity contribution in [3.8, 4) is 5.75 Å². The third-order valence-corrected chi connectivity index (χ3v) is 1.77. The second-order valence-corrected chi connectivity index (χ2v) is 3.10. The SMILES string of the molecule is Fc1cc(F)c(OC(F)(F)F)c(Br)c1. The van der Waals surface area contributed by atoms with Crippen molar-refractivity contribution in [2.24, 2.45) is 0 Å². The van der Waals surface area contributed by atoms with E-state index >= 15 is 0 Å².